The van der Waals surface area contributed by atoms with E-state index in [-0.39, 0.29) is 6.04 Å². The van der Waals surface area contributed by atoms with Crippen LogP contribution in [-0.2, 0) is 4.74 Å². The van der Waals surface area contributed by atoms with Crippen LogP contribution in [0.3, 0.4) is 0 Å². The Hall–Kier alpha value is -0.800. The van der Waals surface area contributed by atoms with E-state index in [2.05, 4.69) is 19.2 Å². The second kappa shape index (κ2) is 6.95. The second-order valence-electron chi connectivity index (χ2n) is 5.46. The van der Waals surface area contributed by atoms with Crippen molar-refractivity contribution in [1.29, 1.82) is 0 Å². The monoisotopic (exact) mass is 251 g/mol. The van der Waals surface area contributed by atoms with Gasteiger partial charge < -0.3 is 14.5 Å². The Kier molecular flexibility index (Phi) is 5.26. The normalized spacial score (nSPS) is 26.1. The van der Waals surface area contributed by atoms with Gasteiger partial charge in [0, 0.05) is 6.54 Å². The van der Waals surface area contributed by atoms with Crippen LogP contribution in [0, 0.1) is 5.92 Å². The van der Waals surface area contributed by atoms with Gasteiger partial charge in [0.05, 0.1) is 25.0 Å². The van der Waals surface area contributed by atoms with Gasteiger partial charge in [0.15, 0.2) is 0 Å². The predicted molar refractivity (Wildman–Crippen MR) is 72.5 cm³/mol. The summed E-state index contributed by atoms with van der Waals surface area (Å²) in [7, 11) is 0. The fraction of sp³-hybridized carbons (Fsp3) is 0.733. The Morgan fingerprint density at radius 1 is 1.50 bits per heavy atom. The Morgan fingerprint density at radius 2 is 2.39 bits per heavy atom. The Bertz CT molecular complexity index is 323. The van der Waals surface area contributed by atoms with E-state index in [0.717, 1.165) is 24.8 Å². The maximum absolute atomic E-state index is 5.93. The lowest BCUT2D eigenvalue weighted by Crippen LogP contribution is -2.27. The lowest BCUT2D eigenvalue weighted by molar-refractivity contribution is 0.0165. The summed E-state index contributed by atoms with van der Waals surface area (Å²) in [4.78, 5) is 0. The average molecular weight is 251 g/mol. The van der Waals surface area contributed by atoms with Crippen LogP contribution in [0.25, 0.3) is 0 Å². The van der Waals surface area contributed by atoms with Gasteiger partial charge in [-0.1, -0.05) is 19.8 Å². The van der Waals surface area contributed by atoms with Gasteiger partial charge in [-0.25, -0.2) is 0 Å². The van der Waals surface area contributed by atoms with Gasteiger partial charge in [0.25, 0.3) is 0 Å². The summed E-state index contributed by atoms with van der Waals surface area (Å²) in [5.74, 6) is 1.82. The van der Waals surface area contributed by atoms with E-state index in [4.69, 9.17) is 9.15 Å². The molecule has 1 heterocycles. The molecule has 0 aromatic carbocycles. The molecule has 1 aliphatic rings. The lowest BCUT2D eigenvalue weighted by Gasteiger charge is -2.27. The third-order valence-electron chi connectivity index (χ3n) is 3.76. The maximum atomic E-state index is 5.93. The molecule has 1 aromatic heterocycles. The molecule has 0 amide bonds. The Labute approximate surface area is 110 Å². The zero-order valence-corrected chi connectivity index (χ0v) is 11.5. The maximum Gasteiger partial charge on any atom is 0.120 e. The molecule has 0 radical (unpaired) electrons. The SMILES string of the molecule is CC1CCCC(OCCNC(C)c2ccco2)C1. The minimum atomic E-state index is 0.258. The molecule has 0 saturated heterocycles. The van der Waals surface area contributed by atoms with E-state index in [1.54, 1.807) is 6.26 Å². The summed E-state index contributed by atoms with van der Waals surface area (Å²) in [5, 5.41) is 3.42. The second-order valence-corrected chi connectivity index (χ2v) is 5.46. The first-order valence-corrected chi connectivity index (χ1v) is 7.14. The summed E-state index contributed by atoms with van der Waals surface area (Å²) < 4.78 is 11.3. The Morgan fingerprint density at radius 3 is 3.11 bits per heavy atom. The number of nitrogens with one attached hydrogen (secondary N) is 1. The van der Waals surface area contributed by atoms with Crippen molar-refractivity contribution in [3.63, 3.8) is 0 Å². The number of ether oxygens (including phenoxy) is 1. The average Bonchev–Trinajstić information content (AvgIpc) is 2.88. The molecule has 102 valence electrons. The van der Waals surface area contributed by atoms with E-state index < -0.39 is 0 Å². The van der Waals surface area contributed by atoms with Crippen molar-refractivity contribution in [3.8, 4) is 0 Å². The van der Waals surface area contributed by atoms with Gasteiger partial charge in [-0.05, 0) is 37.8 Å². The van der Waals surface area contributed by atoms with Crippen molar-refractivity contribution < 1.29 is 9.15 Å². The summed E-state index contributed by atoms with van der Waals surface area (Å²) >= 11 is 0. The molecule has 1 N–H and O–H groups in total. The molecule has 0 bridgehead atoms. The van der Waals surface area contributed by atoms with Crippen molar-refractivity contribution in [2.24, 2.45) is 5.92 Å². The molecule has 1 fully saturated rings. The molecular weight excluding hydrogens is 226 g/mol. The molecule has 3 unspecified atom stereocenters. The number of furan rings is 1. The number of hydrogen-bond donors (Lipinski definition) is 1. The molecule has 1 aromatic rings. The highest BCUT2D eigenvalue weighted by atomic mass is 16.5. The van der Waals surface area contributed by atoms with E-state index in [1.807, 2.05) is 12.1 Å². The predicted octanol–water partition coefficient (Wildman–Crippen LogP) is 3.53. The minimum Gasteiger partial charge on any atom is -0.468 e. The van der Waals surface area contributed by atoms with Crippen LogP contribution in [0.1, 0.15) is 51.3 Å². The highest BCUT2D eigenvalue weighted by Crippen LogP contribution is 2.25. The van der Waals surface area contributed by atoms with Gasteiger partial charge in [-0.3, -0.25) is 0 Å². The highest BCUT2D eigenvalue weighted by Gasteiger charge is 2.19. The third-order valence-corrected chi connectivity index (χ3v) is 3.76. The first kappa shape index (κ1) is 13.6. The summed E-state index contributed by atoms with van der Waals surface area (Å²) in [5.41, 5.74) is 0. The minimum absolute atomic E-state index is 0.258. The van der Waals surface area contributed by atoms with E-state index in [0.29, 0.717) is 6.10 Å². The number of rotatable bonds is 6. The third kappa shape index (κ3) is 4.14. The molecule has 3 nitrogen and oxygen atoms in total. The van der Waals surface area contributed by atoms with Gasteiger partial charge in [0.2, 0.25) is 0 Å². The quantitative estimate of drug-likeness (QED) is 0.785. The van der Waals surface area contributed by atoms with Crippen LogP contribution in [0.2, 0.25) is 0 Å². The standard InChI is InChI=1S/C15H25NO2/c1-12-5-3-6-14(11-12)17-10-8-16-13(2)15-7-4-9-18-15/h4,7,9,12-14,16H,3,5-6,8,10-11H2,1-2H3. The molecule has 0 aliphatic heterocycles. The molecule has 1 saturated carbocycles. The Balaban J connectivity index is 1.58. The molecule has 0 spiro atoms. The zero-order valence-electron chi connectivity index (χ0n) is 11.5. The molecule has 3 heteroatoms. The van der Waals surface area contributed by atoms with Gasteiger partial charge in [0.1, 0.15) is 5.76 Å². The van der Waals surface area contributed by atoms with Crippen LogP contribution >= 0.6 is 0 Å². The van der Waals surface area contributed by atoms with Crippen molar-refractivity contribution in [2.75, 3.05) is 13.2 Å². The highest BCUT2D eigenvalue weighted by molar-refractivity contribution is 5.02. The number of hydrogen-bond acceptors (Lipinski definition) is 3. The fourth-order valence-electron chi connectivity index (χ4n) is 2.67. The smallest absolute Gasteiger partial charge is 0.120 e. The van der Waals surface area contributed by atoms with E-state index >= 15 is 0 Å². The first-order valence-electron chi connectivity index (χ1n) is 7.14. The summed E-state index contributed by atoms with van der Waals surface area (Å²) in [6.45, 7) is 6.11. The van der Waals surface area contributed by atoms with Crippen molar-refractivity contribution in [2.45, 2.75) is 51.7 Å². The van der Waals surface area contributed by atoms with Crippen LogP contribution in [0.5, 0.6) is 0 Å². The largest absolute Gasteiger partial charge is 0.468 e. The molecule has 3 atom stereocenters. The first-order chi connectivity index (χ1) is 8.75. The van der Waals surface area contributed by atoms with Crippen LogP contribution < -0.4 is 5.32 Å². The van der Waals surface area contributed by atoms with Crippen LogP contribution in [0.4, 0.5) is 0 Å². The van der Waals surface area contributed by atoms with Crippen LogP contribution in [0.15, 0.2) is 22.8 Å². The van der Waals surface area contributed by atoms with Crippen LogP contribution in [-0.4, -0.2) is 19.3 Å². The van der Waals surface area contributed by atoms with E-state index in [9.17, 15) is 0 Å². The van der Waals surface area contributed by atoms with Gasteiger partial charge in [-0.15, -0.1) is 0 Å². The molecule has 2 rings (SSSR count). The molecule has 1 aliphatic carbocycles. The van der Waals surface area contributed by atoms with Crippen molar-refractivity contribution in [3.05, 3.63) is 24.2 Å². The van der Waals surface area contributed by atoms with Crippen molar-refractivity contribution >= 4 is 0 Å². The van der Waals surface area contributed by atoms with Crippen molar-refractivity contribution in [1.82, 2.24) is 5.32 Å². The summed E-state index contributed by atoms with van der Waals surface area (Å²) in [6, 6.07) is 4.18. The van der Waals surface area contributed by atoms with Gasteiger partial charge in [-0.2, -0.15) is 0 Å². The fourth-order valence-corrected chi connectivity index (χ4v) is 2.67. The topological polar surface area (TPSA) is 34.4 Å². The zero-order chi connectivity index (χ0) is 12.8. The lowest BCUT2D eigenvalue weighted by atomic mass is 9.89. The summed E-state index contributed by atoms with van der Waals surface area (Å²) in [6.07, 6.45) is 7.35. The van der Waals surface area contributed by atoms with E-state index in [1.165, 1.54) is 25.7 Å². The van der Waals surface area contributed by atoms with Gasteiger partial charge >= 0.3 is 0 Å². The molecular formula is C15H25NO2. The molecule has 18 heavy (non-hydrogen) atoms.